The summed E-state index contributed by atoms with van der Waals surface area (Å²) >= 11 is 0. The largest absolute Gasteiger partial charge is 0.496 e. The second-order valence-corrected chi connectivity index (χ2v) is 6.16. The molecule has 0 aliphatic heterocycles. The molecule has 0 aliphatic rings. The number of ether oxygens (including phenoxy) is 2. The number of nitro groups is 1. The van der Waals surface area contributed by atoms with E-state index in [1.165, 1.54) is 24.0 Å². The van der Waals surface area contributed by atoms with Gasteiger partial charge in [-0.25, -0.2) is 0 Å². The molecule has 2 aromatic carbocycles. The van der Waals surface area contributed by atoms with Gasteiger partial charge in [0.25, 0.3) is 0 Å². The molecule has 1 aromatic heterocycles. The number of ketones is 1. The number of rotatable bonds is 8. The minimum Gasteiger partial charge on any atom is -0.496 e. The Balaban J connectivity index is 1.78. The fourth-order valence-electron chi connectivity index (χ4n) is 2.73. The van der Waals surface area contributed by atoms with E-state index >= 15 is 0 Å². The number of aryl methyl sites for hydroxylation is 1. The number of allylic oxidation sites excluding steroid dienone is 1. The van der Waals surface area contributed by atoms with Crippen LogP contribution in [0.5, 0.6) is 11.5 Å². The molecule has 8 nitrogen and oxygen atoms in total. The summed E-state index contributed by atoms with van der Waals surface area (Å²) in [5.74, 6) is 0.841. The number of methoxy groups -OCH3 is 1. The molecule has 0 saturated heterocycles. The normalized spacial score (nSPS) is 10.8. The number of para-hydroxylation sites is 1. The summed E-state index contributed by atoms with van der Waals surface area (Å²) in [5.41, 5.74) is 1.00. The Kier molecular flexibility index (Phi) is 6.03. The second kappa shape index (κ2) is 8.83. The maximum atomic E-state index is 12.4. The summed E-state index contributed by atoms with van der Waals surface area (Å²) in [4.78, 5) is 22.8. The van der Waals surface area contributed by atoms with Gasteiger partial charge in [0.05, 0.1) is 12.0 Å². The molecule has 0 atom stereocenters. The van der Waals surface area contributed by atoms with Crippen LogP contribution >= 0.6 is 0 Å². The first-order valence-corrected chi connectivity index (χ1v) is 8.73. The lowest BCUT2D eigenvalue weighted by Crippen LogP contribution is -2.01. The van der Waals surface area contributed by atoms with Gasteiger partial charge in [-0.05, 0) is 35.9 Å². The van der Waals surface area contributed by atoms with Crippen molar-refractivity contribution in [3.05, 3.63) is 87.7 Å². The van der Waals surface area contributed by atoms with E-state index in [9.17, 15) is 14.9 Å². The van der Waals surface area contributed by atoms with E-state index in [1.54, 1.807) is 25.3 Å². The van der Waals surface area contributed by atoms with Crippen LogP contribution in [0, 0.1) is 10.1 Å². The molecule has 0 spiro atoms. The van der Waals surface area contributed by atoms with Crippen molar-refractivity contribution in [2.75, 3.05) is 7.11 Å². The monoisotopic (exact) mass is 393 g/mol. The molecule has 0 saturated carbocycles. The van der Waals surface area contributed by atoms with Crippen LogP contribution in [-0.2, 0) is 13.7 Å². The van der Waals surface area contributed by atoms with Gasteiger partial charge in [0.2, 0.25) is 11.5 Å². The van der Waals surface area contributed by atoms with Crippen molar-refractivity contribution in [1.29, 1.82) is 0 Å². The number of carbonyl (C=O) groups is 1. The van der Waals surface area contributed by atoms with Gasteiger partial charge < -0.3 is 9.47 Å². The van der Waals surface area contributed by atoms with E-state index in [0.29, 0.717) is 5.75 Å². The van der Waals surface area contributed by atoms with Gasteiger partial charge in [-0.3, -0.25) is 19.6 Å². The van der Waals surface area contributed by atoms with Crippen LogP contribution in [0.15, 0.2) is 60.8 Å². The molecule has 0 unspecified atom stereocenters. The van der Waals surface area contributed by atoms with Gasteiger partial charge in [0.15, 0.2) is 0 Å². The van der Waals surface area contributed by atoms with Crippen molar-refractivity contribution in [3.8, 4) is 11.5 Å². The molecule has 0 bridgehead atoms. The standard InChI is InChI=1S/C21H19N3O5/c1-23-13-18(24(26)27)21(22-23)19(25)10-8-15-9-11-20(28-2)16(12-15)14-29-17-6-4-3-5-7-17/h3-13H,14H2,1-2H3/b10-8+. The highest BCUT2D eigenvalue weighted by atomic mass is 16.6. The molecule has 3 aromatic rings. The minimum absolute atomic E-state index is 0.199. The van der Waals surface area contributed by atoms with Crippen LogP contribution in [0.25, 0.3) is 6.08 Å². The van der Waals surface area contributed by atoms with E-state index in [0.717, 1.165) is 16.9 Å². The molecule has 8 heteroatoms. The van der Waals surface area contributed by atoms with Crippen LogP contribution in [0.1, 0.15) is 21.6 Å². The maximum absolute atomic E-state index is 12.4. The first-order chi connectivity index (χ1) is 14.0. The van der Waals surface area contributed by atoms with Gasteiger partial charge in [0, 0.05) is 12.6 Å². The molecule has 0 aliphatic carbocycles. The highest BCUT2D eigenvalue weighted by Crippen LogP contribution is 2.23. The predicted molar refractivity (Wildman–Crippen MR) is 107 cm³/mol. The third-order valence-corrected chi connectivity index (χ3v) is 4.11. The maximum Gasteiger partial charge on any atom is 0.318 e. The highest BCUT2D eigenvalue weighted by molar-refractivity contribution is 6.07. The lowest BCUT2D eigenvalue weighted by molar-refractivity contribution is -0.385. The van der Waals surface area contributed by atoms with E-state index in [1.807, 2.05) is 36.4 Å². The molecule has 0 radical (unpaired) electrons. The first-order valence-electron chi connectivity index (χ1n) is 8.73. The topological polar surface area (TPSA) is 96.5 Å². The predicted octanol–water partition coefficient (Wildman–Crippen LogP) is 3.81. The lowest BCUT2D eigenvalue weighted by Gasteiger charge is -2.11. The third kappa shape index (κ3) is 4.86. The summed E-state index contributed by atoms with van der Waals surface area (Å²) in [5, 5.41) is 15.0. The Hall–Kier alpha value is -3.94. The van der Waals surface area contributed by atoms with Gasteiger partial charge in [-0.2, -0.15) is 5.10 Å². The van der Waals surface area contributed by atoms with E-state index < -0.39 is 10.7 Å². The van der Waals surface area contributed by atoms with Gasteiger partial charge in [-0.15, -0.1) is 0 Å². The van der Waals surface area contributed by atoms with Crippen molar-refractivity contribution < 1.29 is 19.2 Å². The zero-order valence-corrected chi connectivity index (χ0v) is 15.9. The van der Waals surface area contributed by atoms with E-state index in [-0.39, 0.29) is 18.0 Å². The molecule has 0 fully saturated rings. The highest BCUT2D eigenvalue weighted by Gasteiger charge is 2.23. The van der Waals surface area contributed by atoms with Crippen molar-refractivity contribution in [2.24, 2.45) is 7.05 Å². The number of hydrogen-bond donors (Lipinski definition) is 0. The number of carbonyl (C=O) groups excluding carboxylic acids is 1. The Morgan fingerprint density at radius 3 is 2.69 bits per heavy atom. The summed E-state index contributed by atoms with van der Waals surface area (Å²) in [7, 11) is 3.09. The van der Waals surface area contributed by atoms with Crippen molar-refractivity contribution >= 4 is 17.5 Å². The Bertz CT molecular complexity index is 1060. The number of hydrogen-bond acceptors (Lipinski definition) is 6. The van der Waals surface area contributed by atoms with Gasteiger partial charge in [-0.1, -0.05) is 30.3 Å². The molecule has 0 N–H and O–H groups in total. The summed E-state index contributed by atoms with van der Waals surface area (Å²) in [6.07, 6.45) is 4.04. The van der Waals surface area contributed by atoms with E-state index in [2.05, 4.69) is 5.10 Å². The van der Waals surface area contributed by atoms with Gasteiger partial charge >= 0.3 is 5.69 Å². The third-order valence-electron chi connectivity index (χ3n) is 4.11. The number of aromatic nitrogens is 2. The molecule has 148 valence electrons. The van der Waals surface area contributed by atoms with E-state index in [4.69, 9.17) is 9.47 Å². The molecule has 0 amide bonds. The average molecular weight is 393 g/mol. The zero-order chi connectivity index (χ0) is 20.8. The van der Waals surface area contributed by atoms with Crippen molar-refractivity contribution in [1.82, 2.24) is 9.78 Å². The minimum atomic E-state index is -0.625. The summed E-state index contributed by atoms with van der Waals surface area (Å²) in [6, 6.07) is 14.8. The van der Waals surface area contributed by atoms with Gasteiger partial charge in [0.1, 0.15) is 24.3 Å². The first kappa shape index (κ1) is 19.8. The zero-order valence-electron chi connectivity index (χ0n) is 15.9. The molecule has 1 heterocycles. The van der Waals surface area contributed by atoms with Crippen LogP contribution in [0.2, 0.25) is 0 Å². The van der Waals surface area contributed by atoms with Crippen LogP contribution < -0.4 is 9.47 Å². The fraction of sp³-hybridized carbons (Fsp3) is 0.143. The van der Waals surface area contributed by atoms with Crippen LogP contribution in [-0.4, -0.2) is 27.6 Å². The van der Waals surface area contributed by atoms with Crippen LogP contribution in [0.3, 0.4) is 0 Å². The lowest BCUT2D eigenvalue weighted by atomic mass is 10.1. The van der Waals surface area contributed by atoms with Crippen molar-refractivity contribution in [2.45, 2.75) is 6.61 Å². The Morgan fingerprint density at radius 1 is 1.24 bits per heavy atom. The molecular formula is C21H19N3O5. The smallest absolute Gasteiger partial charge is 0.318 e. The summed E-state index contributed by atoms with van der Waals surface area (Å²) in [6.45, 7) is 0.286. The SMILES string of the molecule is COc1ccc(/C=C/C(=O)c2nn(C)cc2[N+](=O)[O-])cc1COc1ccccc1. The molecule has 29 heavy (non-hydrogen) atoms. The molecule has 3 rings (SSSR count). The fourth-order valence-corrected chi connectivity index (χ4v) is 2.73. The molecular weight excluding hydrogens is 374 g/mol. The number of benzene rings is 2. The number of nitrogens with zero attached hydrogens (tertiary/aromatic N) is 3. The van der Waals surface area contributed by atoms with Crippen LogP contribution in [0.4, 0.5) is 5.69 Å². The second-order valence-electron chi connectivity index (χ2n) is 6.16. The average Bonchev–Trinajstić information content (AvgIpc) is 3.13. The van der Waals surface area contributed by atoms with Crippen molar-refractivity contribution in [3.63, 3.8) is 0 Å². The Morgan fingerprint density at radius 2 is 2.00 bits per heavy atom. The Labute approximate surface area is 167 Å². The summed E-state index contributed by atoms with van der Waals surface area (Å²) < 4.78 is 12.4. The quantitative estimate of drug-likeness (QED) is 0.250.